The Bertz CT molecular complexity index is 911. The summed E-state index contributed by atoms with van der Waals surface area (Å²) in [6.07, 6.45) is 2.67. The quantitative estimate of drug-likeness (QED) is 0.646. The van der Waals surface area contributed by atoms with Crippen LogP contribution >= 0.6 is 11.8 Å². The summed E-state index contributed by atoms with van der Waals surface area (Å²) in [5.74, 6) is 2.36. The molecule has 0 spiro atoms. The van der Waals surface area contributed by atoms with E-state index in [4.69, 9.17) is 4.74 Å². The normalized spacial score (nSPS) is 16.6. The van der Waals surface area contributed by atoms with Crippen LogP contribution in [0.15, 0.2) is 66.9 Å². The fourth-order valence-electron chi connectivity index (χ4n) is 3.32. The molecule has 1 aliphatic rings. The average Bonchev–Trinajstić information content (AvgIpc) is 3.18. The second kappa shape index (κ2) is 8.44. The zero-order valence-electron chi connectivity index (χ0n) is 15.1. The molecule has 4 rings (SSSR count). The first-order valence-electron chi connectivity index (χ1n) is 9.19. The van der Waals surface area contributed by atoms with Gasteiger partial charge in [0.25, 0.3) is 0 Å². The number of ether oxygens (including phenoxy) is 1. The second-order valence-corrected chi connectivity index (χ2v) is 7.66. The lowest BCUT2D eigenvalue weighted by molar-refractivity contribution is -0.127. The fourth-order valence-corrected chi connectivity index (χ4v) is 4.21. The van der Waals surface area contributed by atoms with Gasteiger partial charge in [-0.2, -0.15) is 0 Å². The molecule has 3 aromatic rings. The number of hydrogen-bond acceptors (Lipinski definition) is 4. The fraction of sp³-hybridized carbons (Fsp3) is 0.273. The minimum Gasteiger partial charge on any atom is -0.486 e. The van der Waals surface area contributed by atoms with Crippen molar-refractivity contribution in [2.45, 2.75) is 18.3 Å². The summed E-state index contributed by atoms with van der Waals surface area (Å²) in [5.41, 5.74) is 2.13. The van der Waals surface area contributed by atoms with Crippen LogP contribution in [0.4, 0.5) is 0 Å². The molecule has 2 aromatic carbocycles. The molecule has 0 aliphatic carbocycles. The third-order valence-electron chi connectivity index (χ3n) is 4.72. The number of thioether (sulfide) groups is 1. The molecule has 1 fully saturated rings. The summed E-state index contributed by atoms with van der Waals surface area (Å²) in [6, 6.07) is 20.2. The van der Waals surface area contributed by atoms with Gasteiger partial charge in [-0.25, -0.2) is 0 Å². The van der Waals surface area contributed by atoms with E-state index in [2.05, 4.69) is 17.1 Å². The number of likely N-dealkylation sites (tertiary alicyclic amines) is 1. The van der Waals surface area contributed by atoms with Gasteiger partial charge in [-0.1, -0.05) is 48.5 Å². The van der Waals surface area contributed by atoms with Gasteiger partial charge >= 0.3 is 0 Å². The maximum absolute atomic E-state index is 12.5. The summed E-state index contributed by atoms with van der Waals surface area (Å²) in [7, 11) is 0. The van der Waals surface area contributed by atoms with Crippen LogP contribution in [0, 0.1) is 0 Å². The van der Waals surface area contributed by atoms with E-state index in [1.165, 1.54) is 5.56 Å². The van der Waals surface area contributed by atoms with Crippen LogP contribution in [-0.2, 0) is 10.5 Å². The molecule has 1 atom stereocenters. The molecule has 27 heavy (non-hydrogen) atoms. The predicted octanol–water partition coefficient (Wildman–Crippen LogP) is 4.15. The second-order valence-electron chi connectivity index (χ2n) is 6.68. The van der Waals surface area contributed by atoms with Gasteiger partial charge in [0.15, 0.2) is 0 Å². The van der Waals surface area contributed by atoms with Crippen LogP contribution in [-0.4, -0.2) is 40.7 Å². The summed E-state index contributed by atoms with van der Waals surface area (Å²) < 4.78 is 6.18. The zero-order chi connectivity index (χ0) is 18.5. The van der Waals surface area contributed by atoms with E-state index in [1.54, 1.807) is 18.0 Å². The highest BCUT2D eigenvalue weighted by atomic mass is 32.2. The van der Waals surface area contributed by atoms with Crippen molar-refractivity contribution in [3.8, 4) is 5.75 Å². The van der Waals surface area contributed by atoms with Crippen LogP contribution in [0.2, 0.25) is 0 Å². The minimum atomic E-state index is 0.0284. The molecule has 1 amide bonds. The summed E-state index contributed by atoms with van der Waals surface area (Å²) in [5, 5.41) is 1.07. The van der Waals surface area contributed by atoms with Gasteiger partial charge in [-0.15, -0.1) is 11.8 Å². The van der Waals surface area contributed by atoms with Gasteiger partial charge in [0, 0.05) is 30.3 Å². The van der Waals surface area contributed by atoms with E-state index in [-0.39, 0.29) is 12.0 Å². The molecule has 4 nitrogen and oxygen atoms in total. The average molecular weight is 378 g/mol. The largest absolute Gasteiger partial charge is 0.486 e. The molecule has 0 radical (unpaired) electrons. The Morgan fingerprint density at radius 1 is 1.11 bits per heavy atom. The van der Waals surface area contributed by atoms with Gasteiger partial charge in [0.2, 0.25) is 5.91 Å². The van der Waals surface area contributed by atoms with Gasteiger partial charge in [0.05, 0.1) is 12.3 Å². The van der Waals surface area contributed by atoms with E-state index in [0.29, 0.717) is 12.3 Å². The van der Waals surface area contributed by atoms with Crippen LogP contribution in [0.1, 0.15) is 12.0 Å². The highest BCUT2D eigenvalue weighted by Gasteiger charge is 2.27. The molecule has 138 valence electrons. The van der Waals surface area contributed by atoms with Crippen LogP contribution in [0.3, 0.4) is 0 Å². The van der Waals surface area contributed by atoms with Crippen LogP contribution < -0.4 is 4.74 Å². The van der Waals surface area contributed by atoms with Crippen molar-refractivity contribution in [1.29, 1.82) is 0 Å². The minimum absolute atomic E-state index is 0.0284. The molecule has 0 bridgehead atoms. The number of fused-ring (bicyclic) bond motifs is 1. The number of aromatic nitrogens is 1. The molecular weight excluding hydrogens is 356 g/mol. The molecule has 5 heteroatoms. The van der Waals surface area contributed by atoms with Crippen LogP contribution in [0.5, 0.6) is 5.75 Å². The number of benzene rings is 2. The van der Waals surface area contributed by atoms with Crippen molar-refractivity contribution in [2.75, 3.05) is 18.8 Å². The zero-order valence-corrected chi connectivity index (χ0v) is 15.9. The topological polar surface area (TPSA) is 42.4 Å². The van der Waals surface area contributed by atoms with Crippen molar-refractivity contribution >= 4 is 28.6 Å². The monoisotopic (exact) mass is 378 g/mol. The number of carbonyl (C=O) groups excluding carboxylic acids is 1. The molecule has 0 saturated carbocycles. The number of pyridine rings is 1. The smallest absolute Gasteiger partial charge is 0.232 e. The third kappa shape index (κ3) is 4.42. The highest BCUT2D eigenvalue weighted by Crippen LogP contribution is 2.26. The van der Waals surface area contributed by atoms with Crippen molar-refractivity contribution in [1.82, 2.24) is 9.88 Å². The van der Waals surface area contributed by atoms with Crippen molar-refractivity contribution in [3.05, 3.63) is 72.4 Å². The Labute approximate surface area is 163 Å². The van der Waals surface area contributed by atoms with Crippen molar-refractivity contribution in [2.24, 2.45) is 0 Å². The van der Waals surface area contributed by atoms with Crippen molar-refractivity contribution in [3.63, 3.8) is 0 Å². The highest BCUT2D eigenvalue weighted by molar-refractivity contribution is 7.99. The summed E-state index contributed by atoms with van der Waals surface area (Å²) in [6.45, 7) is 1.40. The predicted molar refractivity (Wildman–Crippen MR) is 110 cm³/mol. The molecule has 1 aromatic heterocycles. The SMILES string of the molecule is O=C(CSCc1ccccc1)N1CCC(Oc2cccc3cccnc23)C1. The van der Waals surface area contributed by atoms with Gasteiger partial charge in [0.1, 0.15) is 17.4 Å². The summed E-state index contributed by atoms with van der Waals surface area (Å²) >= 11 is 1.67. The first-order chi connectivity index (χ1) is 13.3. The Hall–Kier alpha value is -2.53. The van der Waals surface area contributed by atoms with E-state index in [9.17, 15) is 4.79 Å². The molecule has 1 unspecified atom stereocenters. The first-order valence-corrected chi connectivity index (χ1v) is 10.3. The maximum Gasteiger partial charge on any atom is 0.232 e. The molecule has 1 saturated heterocycles. The lowest BCUT2D eigenvalue weighted by Gasteiger charge is -2.17. The maximum atomic E-state index is 12.5. The van der Waals surface area contributed by atoms with Crippen LogP contribution in [0.25, 0.3) is 10.9 Å². The molecular formula is C22H22N2O2S. The lowest BCUT2D eigenvalue weighted by atomic mass is 10.2. The lowest BCUT2D eigenvalue weighted by Crippen LogP contribution is -2.32. The molecule has 0 N–H and O–H groups in total. The van der Waals surface area contributed by atoms with E-state index in [1.807, 2.05) is 53.4 Å². The van der Waals surface area contributed by atoms with Crippen molar-refractivity contribution < 1.29 is 9.53 Å². The number of para-hydroxylation sites is 1. The molecule has 1 aliphatic heterocycles. The number of rotatable bonds is 6. The first kappa shape index (κ1) is 17.9. The summed E-state index contributed by atoms with van der Waals surface area (Å²) in [4.78, 5) is 18.8. The Kier molecular flexibility index (Phi) is 5.58. The Morgan fingerprint density at radius 2 is 1.96 bits per heavy atom. The third-order valence-corrected chi connectivity index (χ3v) is 5.71. The van der Waals surface area contributed by atoms with E-state index >= 15 is 0 Å². The standard InChI is InChI=1S/C22H22N2O2S/c25-21(16-27-15-17-6-2-1-3-7-17)24-13-11-19(14-24)26-20-10-4-8-18-9-5-12-23-22(18)20/h1-10,12,19H,11,13-16H2. The number of carbonyl (C=O) groups is 1. The van der Waals surface area contributed by atoms with Gasteiger partial charge in [-0.3, -0.25) is 9.78 Å². The Morgan fingerprint density at radius 3 is 2.85 bits per heavy atom. The number of nitrogens with zero attached hydrogens (tertiary/aromatic N) is 2. The molecule has 2 heterocycles. The van der Waals surface area contributed by atoms with Gasteiger partial charge in [-0.05, 0) is 17.7 Å². The van der Waals surface area contributed by atoms with E-state index in [0.717, 1.165) is 35.4 Å². The number of amides is 1. The van der Waals surface area contributed by atoms with Gasteiger partial charge < -0.3 is 9.64 Å². The Balaban J connectivity index is 1.30. The number of hydrogen-bond donors (Lipinski definition) is 0. The van der Waals surface area contributed by atoms with E-state index < -0.39 is 0 Å².